The fourth-order valence-corrected chi connectivity index (χ4v) is 0.985. The molecule has 3 heteroatoms. The van der Waals surface area contributed by atoms with E-state index < -0.39 is 5.54 Å². The van der Waals surface area contributed by atoms with Gasteiger partial charge in [0.25, 0.3) is 0 Å². The molecule has 0 aromatic carbocycles. The molecule has 0 saturated heterocycles. The number of hydrogen-bond donors (Lipinski definition) is 2. The second-order valence-corrected chi connectivity index (χ2v) is 3.35. The van der Waals surface area contributed by atoms with Crippen LogP contribution in [0.25, 0.3) is 0 Å². The summed E-state index contributed by atoms with van der Waals surface area (Å²) in [4.78, 5) is 10.9. The van der Waals surface area contributed by atoms with E-state index in [1.54, 1.807) is 0 Å². The Morgan fingerprint density at radius 2 is 2.09 bits per heavy atom. The maximum Gasteiger partial charge on any atom is 0.237 e. The van der Waals surface area contributed by atoms with Crippen LogP contribution in [0.5, 0.6) is 0 Å². The lowest BCUT2D eigenvalue weighted by Crippen LogP contribution is -2.54. The predicted octanol–water partition coefficient (Wildman–Crippen LogP) is 0.638. The largest absolute Gasteiger partial charge is 0.368 e. The lowest BCUT2D eigenvalue weighted by molar-refractivity contribution is -0.124. The second kappa shape index (κ2) is 3.72. The van der Waals surface area contributed by atoms with Crippen molar-refractivity contribution in [1.29, 1.82) is 0 Å². The van der Waals surface area contributed by atoms with E-state index in [0.29, 0.717) is 0 Å². The Bertz CT molecular complexity index is 145. The van der Waals surface area contributed by atoms with Crippen LogP contribution in [0.15, 0.2) is 0 Å². The van der Waals surface area contributed by atoms with Gasteiger partial charge in [-0.15, -0.1) is 0 Å². The van der Waals surface area contributed by atoms with Crippen molar-refractivity contribution in [3.63, 3.8) is 0 Å². The minimum absolute atomic E-state index is 0.284. The van der Waals surface area contributed by atoms with E-state index in [1.165, 1.54) is 0 Å². The molecule has 0 aliphatic heterocycles. The van der Waals surface area contributed by atoms with Crippen LogP contribution in [0, 0.1) is 0 Å². The average molecular weight is 158 g/mol. The molecule has 0 rings (SSSR count). The fourth-order valence-electron chi connectivity index (χ4n) is 0.985. The van der Waals surface area contributed by atoms with E-state index in [-0.39, 0.29) is 11.9 Å². The molecule has 1 atom stereocenters. The molecule has 0 bridgehead atoms. The van der Waals surface area contributed by atoms with Crippen LogP contribution in [0.4, 0.5) is 0 Å². The van der Waals surface area contributed by atoms with E-state index in [2.05, 4.69) is 5.32 Å². The molecule has 3 N–H and O–H groups in total. The molecule has 0 spiro atoms. The topological polar surface area (TPSA) is 55.1 Å². The standard InChI is InChI=1S/C8H18N2O/c1-5-8(4,7(9)11)10-6(2)3/h6,10H,5H2,1-4H3,(H2,9,11). The van der Waals surface area contributed by atoms with Gasteiger partial charge >= 0.3 is 0 Å². The average Bonchev–Trinajstić information content (AvgIpc) is 1.86. The third-order valence-corrected chi connectivity index (χ3v) is 1.86. The van der Waals surface area contributed by atoms with Gasteiger partial charge in [-0.2, -0.15) is 0 Å². The summed E-state index contributed by atoms with van der Waals surface area (Å²) in [6.45, 7) is 7.77. The summed E-state index contributed by atoms with van der Waals surface area (Å²) in [5, 5.41) is 3.13. The first-order chi connectivity index (χ1) is 4.92. The van der Waals surface area contributed by atoms with Crippen LogP contribution < -0.4 is 11.1 Å². The van der Waals surface area contributed by atoms with Crippen LogP contribution in [0.2, 0.25) is 0 Å². The van der Waals surface area contributed by atoms with Crippen molar-refractivity contribution in [2.75, 3.05) is 0 Å². The number of carbonyl (C=O) groups excluding carboxylic acids is 1. The number of amides is 1. The first kappa shape index (κ1) is 10.4. The molecule has 1 unspecified atom stereocenters. The van der Waals surface area contributed by atoms with E-state index in [0.717, 1.165) is 6.42 Å². The summed E-state index contributed by atoms with van der Waals surface area (Å²) in [5.41, 5.74) is 4.68. The molecule has 3 nitrogen and oxygen atoms in total. The number of nitrogens with one attached hydrogen (secondary N) is 1. The lowest BCUT2D eigenvalue weighted by atomic mass is 9.97. The molecular formula is C8H18N2O. The summed E-state index contributed by atoms with van der Waals surface area (Å²) in [6.07, 6.45) is 0.723. The third-order valence-electron chi connectivity index (χ3n) is 1.86. The van der Waals surface area contributed by atoms with Gasteiger partial charge in [0.05, 0.1) is 5.54 Å². The highest BCUT2D eigenvalue weighted by Crippen LogP contribution is 2.08. The molecule has 0 aromatic heterocycles. The Morgan fingerprint density at radius 3 is 2.18 bits per heavy atom. The van der Waals surface area contributed by atoms with E-state index in [9.17, 15) is 4.79 Å². The number of hydrogen-bond acceptors (Lipinski definition) is 2. The van der Waals surface area contributed by atoms with Crippen molar-refractivity contribution in [2.45, 2.75) is 45.7 Å². The van der Waals surface area contributed by atoms with Crippen molar-refractivity contribution in [3.8, 4) is 0 Å². The highest BCUT2D eigenvalue weighted by molar-refractivity contribution is 5.84. The molecule has 0 aliphatic carbocycles. The molecular weight excluding hydrogens is 140 g/mol. The Morgan fingerprint density at radius 1 is 1.64 bits per heavy atom. The van der Waals surface area contributed by atoms with Gasteiger partial charge in [-0.3, -0.25) is 4.79 Å². The van der Waals surface area contributed by atoms with Gasteiger partial charge < -0.3 is 11.1 Å². The number of rotatable bonds is 4. The van der Waals surface area contributed by atoms with Crippen LogP contribution in [-0.2, 0) is 4.79 Å². The minimum Gasteiger partial charge on any atom is -0.368 e. The van der Waals surface area contributed by atoms with Gasteiger partial charge in [-0.25, -0.2) is 0 Å². The Labute approximate surface area is 68.3 Å². The number of carbonyl (C=O) groups is 1. The SMILES string of the molecule is CCC(C)(NC(C)C)C(N)=O. The van der Waals surface area contributed by atoms with Crippen molar-refractivity contribution in [2.24, 2.45) is 5.73 Å². The van der Waals surface area contributed by atoms with Crippen LogP contribution >= 0.6 is 0 Å². The summed E-state index contributed by atoms with van der Waals surface area (Å²) in [6, 6.07) is 0.285. The third kappa shape index (κ3) is 2.89. The summed E-state index contributed by atoms with van der Waals surface area (Å²) >= 11 is 0. The van der Waals surface area contributed by atoms with Gasteiger partial charge in [-0.1, -0.05) is 6.92 Å². The maximum atomic E-state index is 10.9. The highest BCUT2D eigenvalue weighted by atomic mass is 16.1. The minimum atomic E-state index is -0.547. The van der Waals surface area contributed by atoms with Gasteiger partial charge in [-0.05, 0) is 27.2 Å². The van der Waals surface area contributed by atoms with Crippen molar-refractivity contribution < 1.29 is 4.79 Å². The summed E-state index contributed by atoms with van der Waals surface area (Å²) in [5.74, 6) is -0.284. The molecule has 0 heterocycles. The van der Waals surface area contributed by atoms with Crippen LogP contribution in [-0.4, -0.2) is 17.5 Å². The Hall–Kier alpha value is -0.570. The molecule has 0 fully saturated rings. The normalized spacial score (nSPS) is 16.5. The zero-order valence-corrected chi connectivity index (χ0v) is 7.77. The molecule has 0 aromatic rings. The zero-order valence-electron chi connectivity index (χ0n) is 7.77. The van der Waals surface area contributed by atoms with E-state index in [4.69, 9.17) is 5.73 Å². The highest BCUT2D eigenvalue weighted by Gasteiger charge is 2.28. The van der Waals surface area contributed by atoms with Crippen molar-refractivity contribution in [3.05, 3.63) is 0 Å². The van der Waals surface area contributed by atoms with E-state index >= 15 is 0 Å². The lowest BCUT2D eigenvalue weighted by Gasteiger charge is -2.28. The summed E-state index contributed by atoms with van der Waals surface area (Å²) < 4.78 is 0. The molecule has 66 valence electrons. The summed E-state index contributed by atoms with van der Waals surface area (Å²) in [7, 11) is 0. The second-order valence-electron chi connectivity index (χ2n) is 3.35. The van der Waals surface area contributed by atoms with Crippen molar-refractivity contribution >= 4 is 5.91 Å². The molecule has 1 amide bonds. The van der Waals surface area contributed by atoms with Crippen molar-refractivity contribution in [1.82, 2.24) is 5.32 Å². The Balaban J connectivity index is 4.22. The van der Waals surface area contributed by atoms with Gasteiger partial charge in [0.1, 0.15) is 0 Å². The van der Waals surface area contributed by atoms with Gasteiger partial charge in [0.2, 0.25) is 5.91 Å². The zero-order chi connectivity index (χ0) is 9.07. The van der Waals surface area contributed by atoms with Gasteiger partial charge in [0, 0.05) is 6.04 Å². The number of nitrogens with two attached hydrogens (primary N) is 1. The molecule has 0 saturated carbocycles. The predicted molar refractivity (Wildman–Crippen MR) is 46.2 cm³/mol. The molecule has 0 aliphatic rings. The van der Waals surface area contributed by atoms with Gasteiger partial charge in [0.15, 0.2) is 0 Å². The fraction of sp³-hybridized carbons (Fsp3) is 0.875. The first-order valence-electron chi connectivity index (χ1n) is 4.00. The molecule has 0 radical (unpaired) electrons. The first-order valence-corrected chi connectivity index (χ1v) is 4.00. The van der Waals surface area contributed by atoms with Crippen LogP contribution in [0.1, 0.15) is 34.1 Å². The van der Waals surface area contributed by atoms with E-state index in [1.807, 2.05) is 27.7 Å². The smallest absolute Gasteiger partial charge is 0.237 e. The van der Waals surface area contributed by atoms with Crippen LogP contribution in [0.3, 0.4) is 0 Å². The number of primary amides is 1. The monoisotopic (exact) mass is 158 g/mol. The Kier molecular flexibility index (Phi) is 3.52. The quantitative estimate of drug-likeness (QED) is 0.630. The molecule has 11 heavy (non-hydrogen) atoms. The maximum absolute atomic E-state index is 10.9.